The summed E-state index contributed by atoms with van der Waals surface area (Å²) in [5, 5.41) is 4.11. The molecule has 0 atom stereocenters. The number of rotatable bonds is 4. The lowest BCUT2D eigenvalue weighted by atomic mass is 10.0. The van der Waals surface area contributed by atoms with Crippen molar-refractivity contribution in [3.63, 3.8) is 0 Å². The third-order valence-electron chi connectivity index (χ3n) is 5.66. The maximum absolute atomic E-state index is 6.50. The van der Waals surface area contributed by atoms with E-state index in [9.17, 15) is 0 Å². The summed E-state index contributed by atoms with van der Waals surface area (Å²) < 4.78 is 13.2. The van der Waals surface area contributed by atoms with Gasteiger partial charge in [-0.05, 0) is 37.1 Å². The Morgan fingerprint density at radius 1 is 1.07 bits per heavy atom. The van der Waals surface area contributed by atoms with Crippen LogP contribution in [0, 0.1) is 13.8 Å². The van der Waals surface area contributed by atoms with Crippen LogP contribution in [0.5, 0.6) is 0 Å². The van der Waals surface area contributed by atoms with Crippen molar-refractivity contribution in [1.82, 2.24) is 14.7 Å². The molecule has 1 aliphatic heterocycles. The van der Waals surface area contributed by atoms with Crippen molar-refractivity contribution >= 4 is 22.7 Å². The van der Waals surface area contributed by atoms with Gasteiger partial charge in [0.25, 0.3) is 0 Å². The highest BCUT2D eigenvalue weighted by molar-refractivity contribution is 5.94. The highest BCUT2D eigenvalue weighted by Gasteiger charge is 2.22. The number of fused-ring (bicyclic) bond motifs is 1. The van der Waals surface area contributed by atoms with Crippen LogP contribution in [0.15, 0.2) is 47.0 Å². The molecule has 4 aromatic rings. The zero-order valence-electron chi connectivity index (χ0n) is 17.3. The first-order valence-corrected chi connectivity index (χ1v) is 10.2. The van der Waals surface area contributed by atoms with E-state index in [1.807, 2.05) is 26.0 Å². The summed E-state index contributed by atoms with van der Waals surface area (Å²) in [6, 6.07) is 14.5. The Labute approximate surface area is 175 Å². The molecule has 2 aromatic carbocycles. The minimum Gasteiger partial charge on any atom is -0.397 e. The van der Waals surface area contributed by atoms with E-state index >= 15 is 0 Å². The maximum Gasteiger partial charge on any atom is 0.207 e. The molecule has 1 saturated heterocycles. The van der Waals surface area contributed by atoms with Gasteiger partial charge in [0, 0.05) is 18.7 Å². The summed E-state index contributed by atoms with van der Waals surface area (Å²) in [4.78, 5) is 7.25. The Morgan fingerprint density at radius 2 is 1.83 bits per heavy atom. The molecule has 154 valence electrons. The van der Waals surface area contributed by atoms with Crippen LogP contribution in [0.1, 0.15) is 17.0 Å². The molecule has 0 radical (unpaired) electrons. The summed E-state index contributed by atoms with van der Waals surface area (Å²) in [6.45, 7) is 7.63. The minimum absolute atomic E-state index is 0.656. The van der Waals surface area contributed by atoms with Gasteiger partial charge in [0.15, 0.2) is 0 Å². The van der Waals surface area contributed by atoms with Crippen LogP contribution in [0.3, 0.4) is 0 Å². The van der Waals surface area contributed by atoms with Gasteiger partial charge in [0.05, 0.1) is 36.7 Å². The number of anilines is 2. The topological polar surface area (TPSA) is 82.3 Å². The lowest BCUT2D eigenvalue weighted by Gasteiger charge is -2.28. The number of nitrogen functional groups attached to an aromatic ring is 1. The molecule has 1 fully saturated rings. The number of imidazole rings is 1. The number of aromatic nitrogens is 3. The van der Waals surface area contributed by atoms with Crippen molar-refractivity contribution < 1.29 is 9.26 Å². The number of hydrogen-bond donors (Lipinski definition) is 1. The Bertz CT molecular complexity index is 1170. The standard InChI is InChI=1S/C23H25N5O2/c1-15-21(16(2)30-26-15)18-12-19(24)22-20(13-18)28(14-17-6-4-3-5-7-17)23(25-22)27-8-10-29-11-9-27/h3-7,12-13H,8-11,14,24H2,1-2H3. The molecule has 7 heteroatoms. The molecular weight excluding hydrogens is 378 g/mol. The first kappa shape index (κ1) is 18.7. The number of morpholine rings is 1. The number of nitrogens with two attached hydrogens (primary N) is 1. The zero-order chi connectivity index (χ0) is 20.7. The van der Waals surface area contributed by atoms with Crippen LogP contribution in [-0.2, 0) is 11.3 Å². The molecule has 1 aliphatic rings. The van der Waals surface area contributed by atoms with Crippen LogP contribution in [0.25, 0.3) is 22.2 Å². The Morgan fingerprint density at radius 3 is 2.53 bits per heavy atom. The number of nitrogens with zero attached hydrogens (tertiary/aromatic N) is 4. The van der Waals surface area contributed by atoms with E-state index in [1.54, 1.807) is 0 Å². The fourth-order valence-corrected chi connectivity index (χ4v) is 4.20. The second-order valence-corrected chi connectivity index (χ2v) is 7.72. The fourth-order valence-electron chi connectivity index (χ4n) is 4.20. The minimum atomic E-state index is 0.656. The normalized spacial score (nSPS) is 14.5. The van der Waals surface area contributed by atoms with E-state index in [0.717, 1.165) is 52.7 Å². The molecule has 2 N–H and O–H groups in total. The average molecular weight is 403 g/mol. The number of ether oxygens (including phenoxy) is 1. The molecule has 7 nitrogen and oxygen atoms in total. The molecule has 30 heavy (non-hydrogen) atoms. The largest absolute Gasteiger partial charge is 0.397 e. The van der Waals surface area contributed by atoms with Gasteiger partial charge in [-0.2, -0.15) is 0 Å². The molecule has 0 aliphatic carbocycles. The van der Waals surface area contributed by atoms with Gasteiger partial charge in [-0.3, -0.25) is 0 Å². The molecule has 0 unspecified atom stereocenters. The summed E-state index contributed by atoms with van der Waals surface area (Å²) in [5.74, 6) is 1.72. The van der Waals surface area contributed by atoms with Crippen LogP contribution < -0.4 is 10.6 Å². The van der Waals surface area contributed by atoms with E-state index in [0.29, 0.717) is 25.4 Å². The van der Waals surface area contributed by atoms with Gasteiger partial charge < -0.3 is 24.5 Å². The molecular formula is C23H25N5O2. The molecule has 3 heterocycles. The van der Waals surface area contributed by atoms with Crippen molar-refractivity contribution in [1.29, 1.82) is 0 Å². The summed E-state index contributed by atoms with van der Waals surface area (Å²) in [6.07, 6.45) is 0. The van der Waals surface area contributed by atoms with Gasteiger partial charge >= 0.3 is 0 Å². The van der Waals surface area contributed by atoms with Crippen LogP contribution in [-0.4, -0.2) is 41.0 Å². The predicted molar refractivity (Wildman–Crippen MR) is 118 cm³/mol. The molecule has 2 aromatic heterocycles. The highest BCUT2D eigenvalue weighted by Crippen LogP contribution is 2.35. The molecule has 0 saturated carbocycles. The number of aryl methyl sites for hydroxylation is 2. The maximum atomic E-state index is 6.50. The fraction of sp³-hybridized carbons (Fsp3) is 0.304. The highest BCUT2D eigenvalue weighted by atomic mass is 16.5. The molecule has 0 amide bonds. The van der Waals surface area contributed by atoms with E-state index in [4.69, 9.17) is 20.0 Å². The van der Waals surface area contributed by atoms with Gasteiger partial charge in [0.1, 0.15) is 11.3 Å². The van der Waals surface area contributed by atoms with Crippen molar-refractivity contribution in [2.24, 2.45) is 0 Å². The Hall–Kier alpha value is -3.32. The number of benzene rings is 2. The van der Waals surface area contributed by atoms with Crippen molar-refractivity contribution in [2.75, 3.05) is 36.9 Å². The van der Waals surface area contributed by atoms with Gasteiger partial charge in [0.2, 0.25) is 5.95 Å². The van der Waals surface area contributed by atoms with Crippen LogP contribution in [0.2, 0.25) is 0 Å². The van der Waals surface area contributed by atoms with Crippen molar-refractivity contribution in [3.05, 3.63) is 59.5 Å². The lowest BCUT2D eigenvalue weighted by Crippen LogP contribution is -2.38. The number of hydrogen-bond acceptors (Lipinski definition) is 6. The SMILES string of the molecule is Cc1noc(C)c1-c1cc(N)c2nc(N3CCOCC3)n(Cc3ccccc3)c2c1. The summed E-state index contributed by atoms with van der Waals surface area (Å²) in [5.41, 5.74) is 13.0. The predicted octanol–water partition coefficient (Wildman–Crippen LogP) is 3.78. The third kappa shape index (κ3) is 3.21. The first-order valence-electron chi connectivity index (χ1n) is 10.2. The molecule has 0 spiro atoms. The quantitative estimate of drug-likeness (QED) is 0.522. The Balaban J connectivity index is 1.71. The Kier molecular flexibility index (Phi) is 4.67. The monoisotopic (exact) mass is 403 g/mol. The van der Waals surface area contributed by atoms with E-state index in [2.05, 4.69) is 45.0 Å². The lowest BCUT2D eigenvalue weighted by molar-refractivity contribution is 0.121. The van der Waals surface area contributed by atoms with E-state index in [-0.39, 0.29) is 0 Å². The van der Waals surface area contributed by atoms with E-state index in [1.165, 1.54) is 5.56 Å². The summed E-state index contributed by atoms with van der Waals surface area (Å²) in [7, 11) is 0. The van der Waals surface area contributed by atoms with Crippen LogP contribution in [0.4, 0.5) is 11.6 Å². The van der Waals surface area contributed by atoms with Gasteiger partial charge in [-0.25, -0.2) is 4.98 Å². The average Bonchev–Trinajstić information content (AvgIpc) is 3.29. The smallest absolute Gasteiger partial charge is 0.207 e. The first-order chi connectivity index (χ1) is 14.6. The van der Waals surface area contributed by atoms with Crippen LogP contribution >= 0.6 is 0 Å². The molecule has 0 bridgehead atoms. The van der Waals surface area contributed by atoms with Gasteiger partial charge in [-0.1, -0.05) is 35.5 Å². The van der Waals surface area contributed by atoms with Gasteiger partial charge in [-0.15, -0.1) is 0 Å². The second-order valence-electron chi connectivity index (χ2n) is 7.72. The van der Waals surface area contributed by atoms with E-state index < -0.39 is 0 Å². The zero-order valence-corrected chi connectivity index (χ0v) is 17.3. The molecule has 5 rings (SSSR count). The van der Waals surface area contributed by atoms with Crippen molar-refractivity contribution in [2.45, 2.75) is 20.4 Å². The summed E-state index contributed by atoms with van der Waals surface area (Å²) >= 11 is 0. The second kappa shape index (κ2) is 7.50. The van der Waals surface area contributed by atoms with Crippen molar-refractivity contribution in [3.8, 4) is 11.1 Å². The third-order valence-corrected chi connectivity index (χ3v) is 5.66.